The van der Waals surface area contributed by atoms with Crippen LogP contribution in [0.5, 0.6) is 0 Å². The Labute approximate surface area is 395 Å². The van der Waals surface area contributed by atoms with Crippen LogP contribution in [-0.2, 0) is 19.1 Å². The van der Waals surface area contributed by atoms with Crippen molar-refractivity contribution in [3.05, 3.63) is 0 Å². The number of ether oxygens (including phenoxy) is 2. The lowest BCUT2D eigenvalue weighted by molar-refractivity contribution is -0.150. The predicted molar refractivity (Wildman–Crippen MR) is 276 cm³/mol. The van der Waals surface area contributed by atoms with Crippen LogP contribution in [0.25, 0.3) is 0 Å². The van der Waals surface area contributed by atoms with Crippen LogP contribution >= 0.6 is 0 Å². The third-order valence-electron chi connectivity index (χ3n) is 13.6. The van der Waals surface area contributed by atoms with E-state index in [0.29, 0.717) is 13.2 Å². The van der Waals surface area contributed by atoms with Crippen LogP contribution in [-0.4, -0.2) is 75.2 Å². The minimum absolute atomic E-state index is 0.0867. The summed E-state index contributed by atoms with van der Waals surface area (Å²) < 4.78 is 11.7. The molecule has 0 aliphatic rings. The van der Waals surface area contributed by atoms with Crippen molar-refractivity contribution in [2.45, 2.75) is 291 Å². The second-order valence-corrected chi connectivity index (χ2v) is 20.2. The van der Waals surface area contributed by atoms with Crippen molar-refractivity contribution in [1.82, 2.24) is 9.80 Å². The Morgan fingerprint density at radius 3 is 0.873 bits per heavy atom. The smallest absolute Gasteiger partial charge is 0.308 e. The van der Waals surface area contributed by atoms with E-state index in [1.54, 1.807) is 0 Å². The lowest BCUT2D eigenvalue weighted by Crippen LogP contribution is -2.27. The molecule has 0 amide bonds. The average Bonchev–Trinajstić information content (AvgIpc) is 3.27. The van der Waals surface area contributed by atoms with Gasteiger partial charge in [-0.2, -0.15) is 0 Å². The van der Waals surface area contributed by atoms with E-state index in [4.69, 9.17) is 9.47 Å². The number of esters is 2. The highest BCUT2D eigenvalue weighted by Crippen LogP contribution is 2.23. The monoisotopic (exact) mass is 891 g/mol. The van der Waals surface area contributed by atoms with Gasteiger partial charge in [0.05, 0.1) is 25.0 Å². The van der Waals surface area contributed by atoms with Crippen molar-refractivity contribution < 1.29 is 19.1 Å². The molecule has 0 heterocycles. The number of carbonyl (C=O) groups is 2. The van der Waals surface area contributed by atoms with E-state index in [0.717, 1.165) is 38.5 Å². The summed E-state index contributed by atoms with van der Waals surface area (Å²) in [6.45, 7) is 15.2. The summed E-state index contributed by atoms with van der Waals surface area (Å²) in [5.41, 5.74) is 0. The van der Waals surface area contributed by atoms with Crippen LogP contribution in [0, 0.1) is 11.8 Å². The van der Waals surface area contributed by atoms with Crippen molar-refractivity contribution in [3.8, 4) is 0 Å². The molecule has 0 radical (unpaired) electrons. The van der Waals surface area contributed by atoms with Crippen molar-refractivity contribution >= 4 is 11.9 Å². The fourth-order valence-electron chi connectivity index (χ4n) is 9.24. The summed E-state index contributed by atoms with van der Waals surface area (Å²) >= 11 is 0. The molecule has 0 spiro atoms. The summed E-state index contributed by atoms with van der Waals surface area (Å²) in [7, 11) is 4.37. The molecule has 0 aliphatic heterocycles. The van der Waals surface area contributed by atoms with Gasteiger partial charge in [0.2, 0.25) is 0 Å². The van der Waals surface area contributed by atoms with E-state index in [2.05, 4.69) is 51.6 Å². The first-order valence-electron chi connectivity index (χ1n) is 28.6. The van der Waals surface area contributed by atoms with E-state index >= 15 is 0 Å². The fraction of sp³-hybridized carbons (Fsp3) is 0.965. The van der Waals surface area contributed by atoms with Gasteiger partial charge in [-0.25, -0.2) is 0 Å². The molecule has 0 fully saturated rings. The fourth-order valence-corrected chi connectivity index (χ4v) is 9.24. The lowest BCUT2D eigenvalue weighted by Gasteiger charge is -2.22. The molecule has 2 unspecified atom stereocenters. The van der Waals surface area contributed by atoms with E-state index in [1.165, 1.54) is 251 Å². The normalized spacial score (nSPS) is 12.7. The third kappa shape index (κ3) is 44.5. The van der Waals surface area contributed by atoms with Gasteiger partial charge in [-0.05, 0) is 104 Å². The standard InChI is InChI=1S/C57H114N2O4/c1-7-11-15-19-27-36-46-54(44-34-17-13-9-3)56(60)62-52-42-31-25-21-23-29-39-49-59(51-41-33-38-48-58(5)6)50-40-30-24-22-26-32-43-53-63-57(61)55(45-35-18-14-10-4)47-37-28-20-16-12-8-2/h54-55H,7-53H2,1-6H3. The molecule has 2 atom stereocenters. The highest BCUT2D eigenvalue weighted by atomic mass is 16.5. The molecule has 0 saturated carbocycles. The van der Waals surface area contributed by atoms with Crippen molar-refractivity contribution in [3.63, 3.8) is 0 Å². The quantitative estimate of drug-likeness (QED) is 0.0448. The average molecular weight is 892 g/mol. The Morgan fingerprint density at radius 1 is 0.317 bits per heavy atom. The minimum Gasteiger partial charge on any atom is -0.465 e. The van der Waals surface area contributed by atoms with Crippen LogP contribution in [0.2, 0.25) is 0 Å². The molecule has 6 nitrogen and oxygen atoms in total. The Hall–Kier alpha value is -1.14. The number of unbranched alkanes of at least 4 members (excludes halogenated alkanes) is 30. The molecule has 63 heavy (non-hydrogen) atoms. The van der Waals surface area contributed by atoms with E-state index in [-0.39, 0.29) is 23.8 Å². The zero-order chi connectivity index (χ0) is 46.1. The molecule has 0 N–H and O–H groups in total. The molecule has 6 heteroatoms. The lowest BCUT2D eigenvalue weighted by atomic mass is 9.94. The second-order valence-electron chi connectivity index (χ2n) is 20.2. The summed E-state index contributed by atoms with van der Waals surface area (Å²) in [4.78, 5) is 31.1. The highest BCUT2D eigenvalue weighted by Gasteiger charge is 2.20. The zero-order valence-corrected chi connectivity index (χ0v) is 43.9. The van der Waals surface area contributed by atoms with E-state index in [1.807, 2.05) is 0 Å². The Morgan fingerprint density at radius 2 is 0.556 bits per heavy atom. The number of nitrogens with zero attached hydrogens (tertiary/aromatic N) is 2. The molecule has 0 bridgehead atoms. The number of carbonyl (C=O) groups excluding carboxylic acids is 2. The maximum atomic E-state index is 13.0. The van der Waals surface area contributed by atoms with Crippen LogP contribution < -0.4 is 0 Å². The van der Waals surface area contributed by atoms with E-state index < -0.39 is 0 Å². The first-order chi connectivity index (χ1) is 30.9. The number of hydrogen-bond acceptors (Lipinski definition) is 6. The summed E-state index contributed by atoms with van der Waals surface area (Å²) in [5.74, 6) is 0.412. The van der Waals surface area contributed by atoms with Gasteiger partial charge >= 0.3 is 11.9 Å². The van der Waals surface area contributed by atoms with Crippen LogP contribution in [0.4, 0.5) is 0 Å². The third-order valence-corrected chi connectivity index (χ3v) is 13.6. The first-order valence-corrected chi connectivity index (χ1v) is 28.6. The maximum absolute atomic E-state index is 13.0. The summed E-state index contributed by atoms with van der Waals surface area (Å²) in [5, 5.41) is 0. The van der Waals surface area contributed by atoms with Gasteiger partial charge in [-0.1, -0.05) is 227 Å². The SMILES string of the molecule is CCCCCCCCC(CCCCCC)C(=O)OCCCCCCCCCN(CCCCCCCCCOC(=O)C(CCCCCC)CCCCCCCC)CCCCCN(C)C. The molecule has 0 saturated heterocycles. The van der Waals surface area contributed by atoms with Gasteiger partial charge in [0.1, 0.15) is 0 Å². The minimum atomic E-state index is 0.0867. The van der Waals surface area contributed by atoms with Crippen LogP contribution in [0.1, 0.15) is 291 Å². The van der Waals surface area contributed by atoms with Gasteiger partial charge in [0.15, 0.2) is 0 Å². The van der Waals surface area contributed by atoms with Gasteiger partial charge in [0, 0.05) is 0 Å². The molecule has 376 valence electrons. The number of rotatable bonds is 52. The molecular weight excluding hydrogens is 777 g/mol. The molecule has 0 aliphatic carbocycles. The largest absolute Gasteiger partial charge is 0.465 e. The summed E-state index contributed by atoms with van der Waals surface area (Å²) in [6, 6.07) is 0. The Kier molecular flexibility index (Phi) is 49.4. The van der Waals surface area contributed by atoms with E-state index in [9.17, 15) is 9.59 Å². The van der Waals surface area contributed by atoms with Gasteiger partial charge in [-0.3, -0.25) is 9.59 Å². The van der Waals surface area contributed by atoms with Crippen LogP contribution in [0.15, 0.2) is 0 Å². The van der Waals surface area contributed by atoms with Gasteiger partial charge in [-0.15, -0.1) is 0 Å². The van der Waals surface area contributed by atoms with Gasteiger partial charge in [0.25, 0.3) is 0 Å². The maximum Gasteiger partial charge on any atom is 0.308 e. The molecule has 0 aromatic rings. The van der Waals surface area contributed by atoms with Gasteiger partial charge < -0.3 is 19.3 Å². The molecular formula is C57H114N2O4. The predicted octanol–water partition coefficient (Wildman–Crippen LogP) is 17.2. The molecule has 0 rings (SSSR count). The topological polar surface area (TPSA) is 59.1 Å². The highest BCUT2D eigenvalue weighted by molar-refractivity contribution is 5.72. The first kappa shape index (κ1) is 61.9. The summed E-state index contributed by atoms with van der Waals surface area (Å²) in [6.07, 6.45) is 50.8. The van der Waals surface area contributed by atoms with Crippen LogP contribution in [0.3, 0.4) is 0 Å². The van der Waals surface area contributed by atoms with Crippen molar-refractivity contribution in [2.24, 2.45) is 11.8 Å². The Bertz CT molecular complexity index is 864. The van der Waals surface area contributed by atoms with Crippen molar-refractivity contribution in [2.75, 3.05) is 53.5 Å². The van der Waals surface area contributed by atoms with Crippen molar-refractivity contribution in [1.29, 1.82) is 0 Å². The number of hydrogen-bond donors (Lipinski definition) is 0. The zero-order valence-electron chi connectivity index (χ0n) is 43.9. The Balaban J connectivity index is 4.31. The molecule has 0 aromatic heterocycles. The second kappa shape index (κ2) is 50.3. The molecule has 0 aromatic carbocycles.